The summed E-state index contributed by atoms with van der Waals surface area (Å²) in [4.78, 5) is 17.0. The van der Waals surface area contributed by atoms with Crippen molar-refractivity contribution in [3.05, 3.63) is 95.4 Å². The van der Waals surface area contributed by atoms with Crippen LogP contribution in [0.25, 0.3) is 21.8 Å². The molecule has 1 saturated heterocycles. The molecule has 0 radical (unpaired) electrons. The summed E-state index contributed by atoms with van der Waals surface area (Å²) in [5.74, 6) is -2.18. The van der Waals surface area contributed by atoms with Gasteiger partial charge in [0.05, 0.1) is 27.0 Å². The molecule has 1 fully saturated rings. The summed E-state index contributed by atoms with van der Waals surface area (Å²) in [6, 6.07) is 16.5. The van der Waals surface area contributed by atoms with Crippen LogP contribution >= 0.6 is 23.1 Å². The Kier molecular flexibility index (Phi) is 10.8. The van der Waals surface area contributed by atoms with Crippen molar-refractivity contribution >= 4 is 50.4 Å². The van der Waals surface area contributed by atoms with Gasteiger partial charge >= 0.3 is 0 Å². The third-order valence-electron chi connectivity index (χ3n) is 8.08. The Morgan fingerprint density at radius 1 is 0.900 bits per heavy atom. The number of likely N-dealkylation sites (tertiary alicyclic amines) is 1. The molecule has 0 atom stereocenters. The highest BCUT2D eigenvalue weighted by Gasteiger charge is 2.29. The van der Waals surface area contributed by atoms with Crippen LogP contribution in [0.1, 0.15) is 45.0 Å². The number of rotatable bonds is 11. The molecule has 5 aromatic rings. The monoisotopic (exact) mass is 738 g/mol. The van der Waals surface area contributed by atoms with E-state index < -0.39 is 43.5 Å². The smallest absolute Gasteiger partial charge is 0.267 e. The molecule has 14 heteroatoms. The largest absolute Gasteiger partial charge is 0.324 e. The van der Waals surface area contributed by atoms with Crippen LogP contribution in [0, 0.1) is 17.5 Å². The summed E-state index contributed by atoms with van der Waals surface area (Å²) in [6.45, 7) is 9.39. The van der Waals surface area contributed by atoms with Crippen molar-refractivity contribution in [3.8, 4) is 21.8 Å². The zero-order valence-electron chi connectivity index (χ0n) is 27.8. The van der Waals surface area contributed by atoms with E-state index in [-0.39, 0.29) is 11.3 Å². The second-order valence-electron chi connectivity index (χ2n) is 12.9. The number of thiazole rings is 1. The van der Waals surface area contributed by atoms with Crippen LogP contribution in [-0.4, -0.2) is 53.7 Å². The molecule has 0 aliphatic carbocycles. The first-order chi connectivity index (χ1) is 23.9. The average Bonchev–Trinajstić information content (AvgIpc) is 3.53. The van der Waals surface area contributed by atoms with Crippen molar-refractivity contribution in [2.45, 2.75) is 55.2 Å². The van der Waals surface area contributed by atoms with Crippen LogP contribution in [0.5, 0.6) is 0 Å². The maximum Gasteiger partial charge on any atom is 0.267 e. The maximum atomic E-state index is 16.2. The molecular weight excluding hydrogens is 702 g/mol. The first kappa shape index (κ1) is 35.8. The molecule has 0 amide bonds. The van der Waals surface area contributed by atoms with Crippen molar-refractivity contribution in [3.63, 3.8) is 0 Å². The van der Waals surface area contributed by atoms with Gasteiger partial charge < -0.3 is 10.2 Å². The van der Waals surface area contributed by atoms with Crippen molar-refractivity contribution in [2.24, 2.45) is 0 Å². The van der Waals surface area contributed by atoms with Crippen LogP contribution in [0.4, 0.5) is 30.5 Å². The van der Waals surface area contributed by atoms with E-state index in [1.54, 1.807) is 12.3 Å². The number of thioether (sulfide) groups is 1. The minimum absolute atomic E-state index is 0.0116. The second kappa shape index (κ2) is 15.1. The van der Waals surface area contributed by atoms with E-state index in [4.69, 9.17) is 9.97 Å². The molecule has 0 bridgehead atoms. The lowest BCUT2D eigenvalue weighted by molar-refractivity contribution is 0.242. The first-order valence-electron chi connectivity index (χ1n) is 16.2. The van der Waals surface area contributed by atoms with Crippen LogP contribution in [-0.2, 0) is 15.4 Å². The highest BCUT2D eigenvalue weighted by molar-refractivity contribution is 7.99. The van der Waals surface area contributed by atoms with E-state index in [1.807, 2.05) is 49.4 Å². The van der Waals surface area contributed by atoms with Crippen LogP contribution in [0.15, 0.2) is 82.7 Å². The minimum atomic E-state index is -4.81. The van der Waals surface area contributed by atoms with E-state index >= 15 is 4.39 Å². The Labute approximate surface area is 298 Å². The van der Waals surface area contributed by atoms with Crippen molar-refractivity contribution in [2.75, 3.05) is 35.4 Å². The van der Waals surface area contributed by atoms with E-state index in [1.165, 1.54) is 66.8 Å². The van der Waals surface area contributed by atoms with Crippen molar-refractivity contribution in [1.82, 2.24) is 19.9 Å². The summed E-state index contributed by atoms with van der Waals surface area (Å²) in [5.41, 5.74) is 0.624. The molecule has 0 unspecified atom stereocenters. The van der Waals surface area contributed by atoms with Gasteiger partial charge in [0.15, 0.2) is 10.7 Å². The minimum Gasteiger partial charge on any atom is -0.324 e. The van der Waals surface area contributed by atoms with Crippen LogP contribution < -0.4 is 10.0 Å². The zero-order valence-corrected chi connectivity index (χ0v) is 30.3. The van der Waals surface area contributed by atoms with Crippen LogP contribution in [0.2, 0.25) is 0 Å². The first-order valence-corrected chi connectivity index (χ1v) is 19.5. The third kappa shape index (κ3) is 8.31. The SMILES string of the molecule is CC(C)(C)c1nc(-c2cccc(NS(=O)(=O)c3c(F)cccc3F)c2F)c(-c2ccnc(Nc3ccc(SCCN4CCCCC4)cc3)n2)s1. The van der Waals surface area contributed by atoms with Crippen molar-refractivity contribution in [1.29, 1.82) is 0 Å². The Hall–Kier alpha value is -3.98. The fraction of sp³-hybridized carbons (Fsp3) is 0.306. The van der Waals surface area contributed by atoms with Gasteiger partial charge in [0.1, 0.15) is 11.6 Å². The Morgan fingerprint density at radius 3 is 2.30 bits per heavy atom. The molecule has 8 nitrogen and oxygen atoms in total. The molecule has 3 aromatic carbocycles. The maximum absolute atomic E-state index is 16.2. The molecule has 2 N–H and O–H groups in total. The summed E-state index contributed by atoms with van der Waals surface area (Å²) >= 11 is 3.17. The van der Waals surface area contributed by atoms with E-state index in [2.05, 4.69) is 27.3 Å². The number of halogens is 3. The number of hydrogen-bond acceptors (Lipinski definition) is 9. The Bertz CT molecular complexity index is 2060. The highest BCUT2D eigenvalue weighted by Crippen LogP contribution is 2.42. The second-order valence-corrected chi connectivity index (χ2v) is 16.7. The topological polar surface area (TPSA) is 100 Å². The van der Waals surface area contributed by atoms with Gasteiger partial charge in [0.25, 0.3) is 10.0 Å². The van der Waals surface area contributed by atoms with Gasteiger partial charge in [-0.3, -0.25) is 4.72 Å². The van der Waals surface area contributed by atoms with Crippen LogP contribution in [0.3, 0.4) is 0 Å². The molecule has 0 saturated carbocycles. The predicted molar refractivity (Wildman–Crippen MR) is 195 cm³/mol. The summed E-state index contributed by atoms with van der Waals surface area (Å²) in [7, 11) is -4.81. The fourth-order valence-corrected chi connectivity index (χ4v) is 8.73. The normalized spacial score (nSPS) is 14.1. The van der Waals surface area contributed by atoms with E-state index in [0.29, 0.717) is 21.5 Å². The lowest BCUT2D eigenvalue weighted by atomic mass is 9.98. The molecule has 0 spiro atoms. The molecular formula is C36H37F3N6O2S3. The molecule has 50 heavy (non-hydrogen) atoms. The number of aromatic nitrogens is 3. The molecule has 3 heterocycles. The summed E-state index contributed by atoms with van der Waals surface area (Å²) < 4.78 is 72.9. The lowest BCUT2D eigenvalue weighted by Gasteiger charge is -2.26. The lowest BCUT2D eigenvalue weighted by Crippen LogP contribution is -2.31. The Balaban J connectivity index is 1.25. The number of hydrogen-bond donors (Lipinski definition) is 2. The van der Waals surface area contributed by atoms with Gasteiger partial charge in [-0.2, -0.15) is 0 Å². The molecule has 1 aliphatic heterocycles. The third-order valence-corrected chi connectivity index (χ3v) is 12.0. The van der Waals surface area contributed by atoms with Gasteiger partial charge in [-0.1, -0.05) is 39.3 Å². The van der Waals surface area contributed by atoms with Gasteiger partial charge in [0, 0.05) is 40.1 Å². The number of benzene rings is 3. The van der Waals surface area contributed by atoms with Gasteiger partial charge in [-0.05, 0) is 80.5 Å². The number of sulfonamides is 1. The summed E-state index contributed by atoms with van der Waals surface area (Å²) in [6.07, 6.45) is 5.49. The number of nitrogens with one attached hydrogen (secondary N) is 2. The fourth-order valence-electron chi connectivity index (χ4n) is 5.51. The standard InChI is InChI=1S/C36H37F3N6O2S3/c1-36(2,3)34-43-31(25-9-7-12-28(30(25)39)44-50(46,47)33-26(37)10-8-11-27(33)38)32(49-34)29-17-18-40-35(42-29)41-23-13-15-24(16-14-23)48-22-21-45-19-5-4-6-20-45/h7-18,44H,4-6,19-22H2,1-3H3,(H,40,41,42). The Morgan fingerprint density at radius 2 is 1.60 bits per heavy atom. The molecule has 262 valence electrons. The van der Waals surface area contributed by atoms with Gasteiger partial charge in [-0.25, -0.2) is 36.5 Å². The molecule has 2 aromatic heterocycles. The highest BCUT2D eigenvalue weighted by atomic mass is 32.2. The molecule has 6 rings (SSSR count). The number of nitrogens with zero attached hydrogens (tertiary/aromatic N) is 4. The number of anilines is 3. The van der Waals surface area contributed by atoms with Gasteiger partial charge in [-0.15, -0.1) is 23.1 Å². The van der Waals surface area contributed by atoms with Crippen molar-refractivity contribution < 1.29 is 21.6 Å². The predicted octanol–water partition coefficient (Wildman–Crippen LogP) is 9.10. The quantitative estimate of drug-likeness (QED) is 0.130. The molecule has 1 aliphatic rings. The van der Waals surface area contributed by atoms with Gasteiger partial charge in [0.2, 0.25) is 5.95 Å². The van der Waals surface area contributed by atoms with E-state index in [9.17, 15) is 17.2 Å². The zero-order chi connectivity index (χ0) is 35.5. The summed E-state index contributed by atoms with van der Waals surface area (Å²) in [5, 5.41) is 3.95. The average molecular weight is 739 g/mol. The number of piperidine rings is 1. The van der Waals surface area contributed by atoms with E-state index in [0.717, 1.165) is 36.2 Å².